The van der Waals surface area contributed by atoms with Gasteiger partial charge in [-0.05, 0) is 86.9 Å². The Bertz CT molecular complexity index is 1150. The first-order chi connectivity index (χ1) is 14.1. The molecular formula is C24H25FN4. The van der Waals surface area contributed by atoms with Gasteiger partial charge < -0.3 is 9.47 Å². The number of hydrogen-bond donors (Lipinski definition) is 0. The molecule has 0 radical (unpaired) electrons. The maximum atomic E-state index is 13.5. The Kier molecular flexibility index (Phi) is 4.47. The fourth-order valence-electron chi connectivity index (χ4n) is 4.53. The Balaban J connectivity index is 1.68. The van der Waals surface area contributed by atoms with Crippen molar-refractivity contribution in [3.63, 3.8) is 0 Å². The van der Waals surface area contributed by atoms with Crippen LogP contribution in [-0.4, -0.2) is 39.4 Å². The molecule has 148 valence electrons. The fourth-order valence-corrected chi connectivity index (χ4v) is 4.53. The molecule has 29 heavy (non-hydrogen) atoms. The summed E-state index contributed by atoms with van der Waals surface area (Å²) in [6, 6.07) is 15.4. The van der Waals surface area contributed by atoms with E-state index in [2.05, 4.69) is 46.0 Å². The minimum absolute atomic E-state index is 0.209. The molecule has 5 heteroatoms. The maximum Gasteiger partial charge on any atom is 0.123 e. The Morgan fingerprint density at radius 2 is 1.72 bits per heavy atom. The zero-order valence-electron chi connectivity index (χ0n) is 16.8. The van der Waals surface area contributed by atoms with Crippen LogP contribution in [0.1, 0.15) is 24.3 Å². The second kappa shape index (κ2) is 7.16. The molecule has 4 nitrogen and oxygen atoms in total. The van der Waals surface area contributed by atoms with Crippen molar-refractivity contribution in [3.05, 3.63) is 72.3 Å². The summed E-state index contributed by atoms with van der Waals surface area (Å²) in [5.74, 6) is 0.330. The van der Waals surface area contributed by atoms with Crippen molar-refractivity contribution >= 4 is 10.9 Å². The first-order valence-electron chi connectivity index (χ1n) is 10.2. The summed E-state index contributed by atoms with van der Waals surface area (Å²) in [6.45, 7) is 2.24. The maximum absolute atomic E-state index is 13.5. The van der Waals surface area contributed by atoms with Gasteiger partial charge in [-0.25, -0.2) is 4.39 Å². The summed E-state index contributed by atoms with van der Waals surface area (Å²) in [5.41, 5.74) is 5.82. The Hall–Kier alpha value is -2.92. The van der Waals surface area contributed by atoms with Gasteiger partial charge in [0.15, 0.2) is 0 Å². The molecule has 0 amide bonds. The van der Waals surface area contributed by atoms with Gasteiger partial charge in [-0.3, -0.25) is 4.68 Å². The van der Waals surface area contributed by atoms with Crippen LogP contribution in [0.5, 0.6) is 0 Å². The predicted molar refractivity (Wildman–Crippen MR) is 115 cm³/mol. The molecule has 1 aliphatic heterocycles. The van der Waals surface area contributed by atoms with Gasteiger partial charge >= 0.3 is 0 Å². The van der Waals surface area contributed by atoms with Gasteiger partial charge in [0.2, 0.25) is 0 Å². The number of nitrogens with zero attached hydrogens (tertiary/aromatic N) is 4. The second-order valence-corrected chi connectivity index (χ2v) is 8.08. The highest BCUT2D eigenvalue weighted by atomic mass is 19.1. The van der Waals surface area contributed by atoms with E-state index in [1.165, 1.54) is 28.6 Å². The predicted octanol–water partition coefficient (Wildman–Crippen LogP) is 4.98. The van der Waals surface area contributed by atoms with Gasteiger partial charge in [0.1, 0.15) is 5.82 Å². The molecular weight excluding hydrogens is 363 g/mol. The molecule has 3 heterocycles. The molecule has 2 aromatic heterocycles. The summed E-state index contributed by atoms with van der Waals surface area (Å²) < 4.78 is 17.6. The SMILES string of the molecule is CN1CCC(c2cn(-c3ccc(F)cc3)c3ccc(-c4ccnn4C)cc23)CC1. The average molecular weight is 388 g/mol. The van der Waals surface area contributed by atoms with Crippen LogP contribution in [0.25, 0.3) is 27.8 Å². The van der Waals surface area contributed by atoms with Crippen molar-refractivity contribution in [2.75, 3.05) is 20.1 Å². The highest BCUT2D eigenvalue weighted by molar-refractivity contribution is 5.90. The number of aryl methyl sites for hydroxylation is 1. The van der Waals surface area contributed by atoms with Crippen LogP contribution >= 0.6 is 0 Å². The standard InChI is InChI=1S/C24H25FN4/c1-27-13-10-17(11-14-27)22-16-29(20-6-4-19(25)5-7-20)24-8-3-18(15-21(22)24)23-9-12-26-28(23)2/h3-9,12,15-17H,10-11,13-14H2,1-2H3. The lowest BCUT2D eigenvalue weighted by Crippen LogP contribution is -2.29. The summed E-state index contributed by atoms with van der Waals surface area (Å²) in [4.78, 5) is 2.40. The molecule has 2 aromatic carbocycles. The first-order valence-corrected chi connectivity index (χ1v) is 10.2. The topological polar surface area (TPSA) is 26.0 Å². The molecule has 1 saturated heterocycles. The molecule has 1 fully saturated rings. The number of likely N-dealkylation sites (tertiary alicyclic amines) is 1. The molecule has 4 aromatic rings. The molecule has 0 aliphatic carbocycles. The molecule has 0 saturated carbocycles. The van der Waals surface area contributed by atoms with Crippen molar-refractivity contribution in [1.29, 1.82) is 0 Å². The minimum atomic E-state index is -0.209. The summed E-state index contributed by atoms with van der Waals surface area (Å²) in [7, 11) is 4.17. The van der Waals surface area contributed by atoms with Gasteiger partial charge in [0, 0.05) is 36.1 Å². The van der Waals surface area contributed by atoms with E-state index in [1.807, 2.05) is 36.1 Å². The smallest absolute Gasteiger partial charge is 0.123 e. The average Bonchev–Trinajstić information content (AvgIpc) is 3.32. The lowest BCUT2D eigenvalue weighted by atomic mass is 9.89. The van der Waals surface area contributed by atoms with E-state index in [9.17, 15) is 4.39 Å². The first kappa shape index (κ1) is 18.1. The monoisotopic (exact) mass is 388 g/mol. The van der Waals surface area contributed by atoms with Crippen molar-refractivity contribution in [1.82, 2.24) is 19.2 Å². The van der Waals surface area contributed by atoms with E-state index in [1.54, 1.807) is 0 Å². The largest absolute Gasteiger partial charge is 0.316 e. The van der Waals surface area contributed by atoms with Crippen LogP contribution in [0.4, 0.5) is 4.39 Å². The van der Waals surface area contributed by atoms with E-state index < -0.39 is 0 Å². The Morgan fingerprint density at radius 3 is 2.41 bits per heavy atom. The van der Waals surface area contributed by atoms with Gasteiger partial charge in [-0.2, -0.15) is 5.10 Å². The van der Waals surface area contributed by atoms with E-state index >= 15 is 0 Å². The van der Waals surface area contributed by atoms with Crippen molar-refractivity contribution < 1.29 is 4.39 Å². The van der Waals surface area contributed by atoms with E-state index in [4.69, 9.17) is 0 Å². The van der Waals surface area contributed by atoms with Crippen molar-refractivity contribution in [2.24, 2.45) is 7.05 Å². The number of rotatable bonds is 3. The third-order valence-corrected chi connectivity index (χ3v) is 6.22. The highest BCUT2D eigenvalue weighted by Crippen LogP contribution is 2.37. The number of halogens is 1. The van der Waals surface area contributed by atoms with Gasteiger partial charge in [-0.1, -0.05) is 6.07 Å². The second-order valence-electron chi connectivity index (χ2n) is 8.08. The van der Waals surface area contributed by atoms with Gasteiger partial charge in [0.05, 0.1) is 11.2 Å². The third kappa shape index (κ3) is 3.25. The number of fused-ring (bicyclic) bond motifs is 1. The zero-order chi connectivity index (χ0) is 20.0. The fraction of sp³-hybridized carbons (Fsp3) is 0.292. The van der Waals surface area contributed by atoms with Crippen LogP contribution in [0.15, 0.2) is 60.9 Å². The lowest BCUT2D eigenvalue weighted by Gasteiger charge is -2.28. The van der Waals surface area contributed by atoms with Crippen LogP contribution in [-0.2, 0) is 7.05 Å². The minimum Gasteiger partial charge on any atom is -0.316 e. The number of benzene rings is 2. The quantitative estimate of drug-likeness (QED) is 0.495. The Labute approximate surface area is 170 Å². The lowest BCUT2D eigenvalue weighted by molar-refractivity contribution is 0.256. The van der Waals surface area contributed by atoms with Gasteiger partial charge in [0.25, 0.3) is 0 Å². The van der Waals surface area contributed by atoms with Crippen LogP contribution in [0.2, 0.25) is 0 Å². The van der Waals surface area contributed by atoms with E-state index in [0.717, 1.165) is 42.8 Å². The highest BCUT2D eigenvalue weighted by Gasteiger charge is 2.23. The van der Waals surface area contributed by atoms with Crippen LogP contribution in [0, 0.1) is 5.82 Å². The molecule has 5 rings (SSSR count). The molecule has 0 bridgehead atoms. The molecule has 0 unspecified atom stereocenters. The number of aromatic nitrogens is 3. The van der Waals surface area contributed by atoms with Gasteiger partial charge in [-0.15, -0.1) is 0 Å². The normalized spacial score (nSPS) is 16.0. The van der Waals surface area contributed by atoms with E-state index in [-0.39, 0.29) is 5.82 Å². The molecule has 1 aliphatic rings. The third-order valence-electron chi connectivity index (χ3n) is 6.22. The summed E-state index contributed by atoms with van der Waals surface area (Å²) in [6.07, 6.45) is 6.42. The van der Waals surface area contributed by atoms with Crippen molar-refractivity contribution in [3.8, 4) is 16.9 Å². The van der Waals surface area contributed by atoms with Crippen LogP contribution < -0.4 is 0 Å². The summed E-state index contributed by atoms with van der Waals surface area (Å²) >= 11 is 0. The Morgan fingerprint density at radius 1 is 0.966 bits per heavy atom. The molecule has 0 atom stereocenters. The number of piperidine rings is 1. The van der Waals surface area contributed by atoms with Crippen LogP contribution in [0.3, 0.4) is 0 Å². The van der Waals surface area contributed by atoms with Crippen molar-refractivity contribution in [2.45, 2.75) is 18.8 Å². The number of hydrogen-bond acceptors (Lipinski definition) is 2. The molecule has 0 N–H and O–H groups in total. The van der Waals surface area contributed by atoms with E-state index in [0.29, 0.717) is 5.92 Å². The zero-order valence-corrected chi connectivity index (χ0v) is 16.8. The summed E-state index contributed by atoms with van der Waals surface area (Å²) in [5, 5.41) is 5.61. The molecule has 0 spiro atoms.